The number of hydrogen-bond acceptors (Lipinski definition) is 7. The van der Waals surface area contributed by atoms with Gasteiger partial charge in [0.2, 0.25) is 0 Å². The Morgan fingerprint density at radius 1 is 1.19 bits per heavy atom. The average molecular weight is 369 g/mol. The SMILES string of the molecule is COc1ccnc(CNC(=O)c2ccc(OC)c(CNC3=NCCN3)c2)c1. The first-order valence-electron chi connectivity index (χ1n) is 8.66. The number of guanidine groups is 1. The third-order valence-corrected chi connectivity index (χ3v) is 4.12. The highest BCUT2D eigenvalue weighted by molar-refractivity contribution is 5.94. The molecule has 8 nitrogen and oxygen atoms in total. The smallest absolute Gasteiger partial charge is 0.251 e. The van der Waals surface area contributed by atoms with Crippen molar-refractivity contribution in [2.75, 3.05) is 27.3 Å². The van der Waals surface area contributed by atoms with Crippen LogP contribution < -0.4 is 25.4 Å². The van der Waals surface area contributed by atoms with Gasteiger partial charge in [-0.1, -0.05) is 0 Å². The second-order valence-electron chi connectivity index (χ2n) is 5.91. The van der Waals surface area contributed by atoms with Crippen LogP contribution in [0.4, 0.5) is 0 Å². The summed E-state index contributed by atoms with van der Waals surface area (Å²) in [5.41, 5.74) is 2.15. The number of nitrogens with one attached hydrogen (secondary N) is 3. The summed E-state index contributed by atoms with van der Waals surface area (Å²) >= 11 is 0. The highest BCUT2D eigenvalue weighted by Gasteiger charge is 2.12. The molecule has 1 aliphatic rings. The zero-order chi connectivity index (χ0) is 19.1. The summed E-state index contributed by atoms with van der Waals surface area (Å²) in [5, 5.41) is 9.24. The predicted octanol–water partition coefficient (Wildman–Crippen LogP) is 1.08. The maximum Gasteiger partial charge on any atom is 0.251 e. The predicted molar refractivity (Wildman–Crippen MR) is 102 cm³/mol. The summed E-state index contributed by atoms with van der Waals surface area (Å²) < 4.78 is 10.6. The van der Waals surface area contributed by atoms with Crippen LogP contribution in [0.5, 0.6) is 11.5 Å². The Labute approximate surface area is 158 Å². The minimum Gasteiger partial charge on any atom is -0.497 e. The highest BCUT2D eigenvalue weighted by atomic mass is 16.5. The molecule has 0 unspecified atom stereocenters. The zero-order valence-electron chi connectivity index (χ0n) is 15.4. The molecule has 2 heterocycles. The molecule has 0 aliphatic carbocycles. The van der Waals surface area contributed by atoms with Gasteiger partial charge in [-0.3, -0.25) is 14.8 Å². The molecule has 8 heteroatoms. The van der Waals surface area contributed by atoms with Crippen LogP contribution in [0.15, 0.2) is 41.5 Å². The van der Waals surface area contributed by atoms with E-state index in [1.54, 1.807) is 44.7 Å². The van der Waals surface area contributed by atoms with Crippen LogP contribution in [0.2, 0.25) is 0 Å². The van der Waals surface area contributed by atoms with Crippen molar-refractivity contribution in [1.82, 2.24) is 20.9 Å². The van der Waals surface area contributed by atoms with Crippen LogP contribution in [0.3, 0.4) is 0 Å². The number of carbonyl (C=O) groups is 1. The average Bonchev–Trinajstić information content (AvgIpc) is 3.24. The van der Waals surface area contributed by atoms with Crippen LogP contribution in [0.1, 0.15) is 21.6 Å². The van der Waals surface area contributed by atoms with Crippen molar-refractivity contribution in [2.45, 2.75) is 13.1 Å². The first-order chi connectivity index (χ1) is 13.2. The third kappa shape index (κ3) is 4.87. The van der Waals surface area contributed by atoms with Crippen molar-refractivity contribution in [3.8, 4) is 11.5 Å². The molecular weight excluding hydrogens is 346 g/mol. The van der Waals surface area contributed by atoms with Gasteiger partial charge in [0.15, 0.2) is 5.96 Å². The Morgan fingerprint density at radius 2 is 2.07 bits per heavy atom. The fourth-order valence-electron chi connectivity index (χ4n) is 2.71. The van der Waals surface area contributed by atoms with E-state index in [1.807, 2.05) is 6.07 Å². The van der Waals surface area contributed by atoms with E-state index in [9.17, 15) is 4.79 Å². The van der Waals surface area contributed by atoms with Crippen LogP contribution >= 0.6 is 0 Å². The Morgan fingerprint density at radius 3 is 2.81 bits per heavy atom. The lowest BCUT2D eigenvalue weighted by Crippen LogP contribution is -2.33. The molecule has 2 aromatic rings. The monoisotopic (exact) mass is 369 g/mol. The number of amides is 1. The number of carbonyl (C=O) groups excluding carboxylic acids is 1. The molecule has 0 radical (unpaired) electrons. The van der Waals surface area contributed by atoms with Crippen molar-refractivity contribution in [1.29, 1.82) is 0 Å². The first-order valence-corrected chi connectivity index (χ1v) is 8.66. The van der Waals surface area contributed by atoms with Crippen molar-refractivity contribution >= 4 is 11.9 Å². The summed E-state index contributed by atoms with van der Waals surface area (Å²) in [7, 11) is 3.20. The van der Waals surface area contributed by atoms with Crippen LogP contribution in [-0.2, 0) is 13.1 Å². The maximum absolute atomic E-state index is 12.5. The van der Waals surface area contributed by atoms with Gasteiger partial charge in [0.1, 0.15) is 11.5 Å². The Bertz CT molecular complexity index is 838. The second kappa shape index (κ2) is 8.88. The van der Waals surface area contributed by atoms with Gasteiger partial charge in [0, 0.05) is 36.5 Å². The van der Waals surface area contributed by atoms with Crippen molar-refractivity contribution in [3.05, 3.63) is 53.3 Å². The number of aliphatic imine (C=N–C) groups is 1. The van der Waals surface area contributed by atoms with Crippen molar-refractivity contribution in [3.63, 3.8) is 0 Å². The number of methoxy groups -OCH3 is 2. The standard InChI is InChI=1S/C19H23N5O3/c1-26-16-5-6-20-15(10-16)12-23-18(25)13-3-4-17(27-2)14(9-13)11-24-19-21-7-8-22-19/h3-6,9-10H,7-8,11-12H2,1-2H3,(H,23,25)(H2,21,22,24). The normalized spacial score (nSPS) is 12.7. The van der Waals surface area contributed by atoms with E-state index >= 15 is 0 Å². The molecule has 0 saturated heterocycles. The summed E-state index contributed by atoms with van der Waals surface area (Å²) in [5.74, 6) is 2.00. The molecular formula is C19H23N5O3. The van der Waals surface area contributed by atoms with Gasteiger partial charge in [-0.15, -0.1) is 0 Å². The number of pyridine rings is 1. The Kier molecular flexibility index (Phi) is 6.09. The Hall–Kier alpha value is -3.29. The zero-order valence-corrected chi connectivity index (χ0v) is 15.4. The molecule has 1 aromatic heterocycles. The van der Waals surface area contributed by atoms with Gasteiger partial charge in [0.25, 0.3) is 5.91 Å². The van der Waals surface area contributed by atoms with E-state index in [4.69, 9.17) is 9.47 Å². The molecule has 1 amide bonds. The van der Waals surface area contributed by atoms with Gasteiger partial charge >= 0.3 is 0 Å². The van der Waals surface area contributed by atoms with Gasteiger partial charge in [-0.25, -0.2) is 0 Å². The number of ether oxygens (including phenoxy) is 2. The topological polar surface area (TPSA) is 96.9 Å². The Balaban J connectivity index is 1.65. The lowest BCUT2D eigenvalue weighted by molar-refractivity contribution is 0.0950. The summed E-state index contributed by atoms with van der Waals surface area (Å²) in [4.78, 5) is 21.0. The summed E-state index contributed by atoms with van der Waals surface area (Å²) in [6.07, 6.45) is 1.65. The van der Waals surface area contributed by atoms with Gasteiger partial charge < -0.3 is 25.4 Å². The van der Waals surface area contributed by atoms with Crippen LogP contribution in [0, 0.1) is 0 Å². The molecule has 0 bridgehead atoms. The minimum absolute atomic E-state index is 0.181. The molecule has 1 aliphatic heterocycles. The van der Waals surface area contributed by atoms with Gasteiger partial charge in [-0.05, 0) is 24.3 Å². The molecule has 0 spiro atoms. The quantitative estimate of drug-likeness (QED) is 0.676. The third-order valence-electron chi connectivity index (χ3n) is 4.12. The molecule has 0 saturated carbocycles. The minimum atomic E-state index is -0.181. The second-order valence-corrected chi connectivity index (χ2v) is 5.91. The lowest BCUT2D eigenvalue weighted by atomic mass is 10.1. The molecule has 142 valence electrons. The first kappa shape index (κ1) is 18.5. The number of aromatic nitrogens is 1. The summed E-state index contributed by atoms with van der Waals surface area (Å²) in [6.45, 7) is 2.42. The fourth-order valence-corrected chi connectivity index (χ4v) is 2.71. The van der Waals surface area contributed by atoms with E-state index in [2.05, 4.69) is 25.9 Å². The summed E-state index contributed by atoms with van der Waals surface area (Å²) in [6, 6.07) is 8.90. The lowest BCUT2D eigenvalue weighted by Gasteiger charge is -2.13. The van der Waals surface area contributed by atoms with E-state index < -0.39 is 0 Å². The molecule has 27 heavy (non-hydrogen) atoms. The number of hydrogen-bond donors (Lipinski definition) is 3. The highest BCUT2D eigenvalue weighted by Crippen LogP contribution is 2.20. The van der Waals surface area contributed by atoms with Crippen LogP contribution in [-0.4, -0.2) is 44.2 Å². The van der Waals surface area contributed by atoms with Crippen LogP contribution in [0.25, 0.3) is 0 Å². The number of benzene rings is 1. The fraction of sp³-hybridized carbons (Fsp3) is 0.316. The van der Waals surface area contributed by atoms with E-state index in [0.29, 0.717) is 30.2 Å². The molecule has 0 fully saturated rings. The van der Waals surface area contributed by atoms with E-state index in [0.717, 1.165) is 30.3 Å². The van der Waals surface area contributed by atoms with Crippen molar-refractivity contribution in [2.24, 2.45) is 4.99 Å². The van der Waals surface area contributed by atoms with E-state index in [1.165, 1.54) is 0 Å². The number of rotatable bonds is 7. The molecule has 1 aromatic carbocycles. The largest absolute Gasteiger partial charge is 0.497 e. The number of nitrogens with zero attached hydrogens (tertiary/aromatic N) is 2. The molecule has 3 N–H and O–H groups in total. The van der Waals surface area contributed by atoms with Gasteiger partial charge in [0.05, 0.1) is 33.0 Å². The molecule has 0 atom stereocenters. The van der Waals surface area contributed by atoms with Crippen molar-refractivity contribution < 1.29 is 14.3 Å². The van der Waals surface area contributed by atoms with E-state index in [-0.39, 0.29) is 5.91 Å². The molecule has 3 rings (SSSR count). The maximum atomic E-state index is 12.5. The van der Waals surface area contributed by atoms with Gasteiger partial charge in [-0.2, -0.15) is 0 Å².